The maximum Gasteiger partial charge on any atom is 0.345 e. The van der Waals surface area contributed by atoms with Gasteiger partial charge in [0.05, 0.1) is 0 Å². The second-order valence-corrected chi connectivity index (χ2v) is 8.99. The Bertz CT molecular complexity index is 631. The van der Waals surface area contributed by atoms with Crippen molar-refractivity contribution in [1.29, 1.82) is 0 Å². The number of carboxylic acid groups (broad SMARTS) is 1. The molecular weight excluding hydrogens is 310 g/mol. The van der Waals surface area contributed by atoms with Crippen LogP contribution in [0.5, 0.6) is 0 Å². The van der Waals surface area contributed by atoms with Gasteiger partial charge < -0.3 is 5.11 Å². The van der Waals surface area contributed by atoms with E-state index >= 15 is 0 Å². The van der Waals surface area contributed by atoms with E-state index in [2.05, 4.69) is 0 Å². The van der Waals surface area contributed by atoms with E-state index in [1.54, 1.807) is 4.31 Å². The number of nitrogens with zero attached hydrogens (tertiary/aromatic N) is 1. The second-order valence-electron chi connectivity index (χ2n) is 5.79. The Morgan fingerprint density at radius 3 is 2.52 bits per heavy atom. The summed E-state index contributed by atoms with van der Waals surface area (Å²) in [5, 5.41) is 8.96. The average Bonchev–Trinajstić information content (AvgIpc) is 3.19. The highest BCUT2D eigenvalue weighted by molar-refractivity contribution is 7.91. The molecule has 1 aliphatic carbocycles. The Morgan fingerprint density at radius 1 is 1.19 bits per heavy atom. The van der Waals surface area contributed by atoms with Crippen molar-refractivity contribution in [3.05, 3.63) is 17.0 Å². The topological polar surface area (TPSA) is 74.7 Å². The van der Waals surface area contributed by atoms with Crippen LogP contribution in [0.15, 0.2) is 16.3 Å². The maximum absolute atomic E-state index is 12.8. The first-order valence-corrected chi connectivity index (χ1v) is 9.61. The van der Waals surface area contributed by atoms with Crippen LogP contribution in [0.25, 0.3) is 0 Å². The first-order chi connectivity index (χ1) is 10.00. The number of hydrogen-bond donors (Lipinski definition) is 1. The Morgan fingerprint density at radius 2 is 1.90 bits per heavy atom. The van der Waals surface area contributed by atoms with Gasteiger partial charge in [0.2, 0.25) is 0 Å². The Labute approximate surface area is 128 Å². The number of carboxylic acids is 1. The molecule has 1 unspecified atom stereocenters. The van der Waals surface area contributed by atoms with Crippen LogP contribution in [0, 0.1) is 5.92 Å². The molecule has 0 bridgehead atoms. The lowest BCUT2D eigenvalue weighted by Gasteiger charge is -2.28. The summed E-state index contributed by atoms with van der Waals surface area (Å²) in [4.78, 5) is 11.0. The summed E-state index contributed by atoms with van der Waals surface area (Å²) in [5.41, 5.74) is 0. The zero-order valence-corrected chi connectivity index (χ0v) is 13.3. The van der Waals surface area contributed by atoms with E-state index in [4.69, 9.17) is 5.11 Å². The molecule has 21 heavy (non-hydrogen) atoms. The Hall–Kier alpha value is -0.920. The minimum absolute atomic E-state index is 0.0742. The summed E-state index contributed by atoms with van der Waals surface area (Å²) in [7, 11) is -3.55. The molecule has 0 amide bonds. The minimum Gasteiger partial charge on any atom is -0.477 e. The average molecular weight is 329 g/mol. The van der Waals surface area contributed by atoms with Gasteiger partial charge in [-0.15, -0.1) is 11.3 Å². The van der Waals surface area contributed by atoms with Crippen molar-refractivity contribution in [3.63, 3.8) is 0 Å². The highest BCUT2D eigenvalue weighted by atomic mass is 32.2. The first-order valence-electron chi connectivity index (χ1n) is 7.35. The van der Waals surface area contributed by atoms with Gasteiger partial charge in [0.15, 0.2) is 0 Å². The number of sulfonamides is 1. The van der Waals surface area contributed by atoms with Crippen molar-refractivity contribution in [2.75, 3.05) is 6.54 Å². The van der Waals surface area contributed by atoms with Crippen molar-refractivity contribution >= 4 is 27.3 Å². The molecule has 7 heteroatoms. The maximum atomic E-state index is 12.8. The monoisotopic (exact) mass is 329 g/mol. The van der Waals surface area contributed by atoms with E-state index in [1.165, 1.54) is 25.0 Å². The third kappa shape index (κ3) is 2.74. The van der Waals surface area contributed by atoms with Crippen molar-refractivity contribution in [1.82, 2.24) is 4.31 Å². The van der Waals surface area contributed by atoms with Crippen LogP contribution in [-0.2, 0) is 10.0 Å². The highest BCUT2D eigenvalue weighted by Crippen LogP contribution is 2.39. The predicted octanol–water partition coefficient (Wildman–Crippen LogP) is 2.79. The van der Waals surface area contributed by atoms with Crippen LogP contribution >= 0.6 is 11.3 Å². The highest BCUT2D eigenvalue weighted by Gasteiger charge is 2.40. The zero-order valence-electron chi connectivity index (χ0n) is 11.7. The molecule has 1 aromatic heterocycles. The molecule has 1 aromatic rings. The van der Waals surface area contributed by atoms with Crippen LogP contribution in [0.1, 0.15) is 48.2 Å². The molecule has 0 spiro atoms. The smallest absolute Gasteiger partial charge is 0.345 e. The summed E-state index contributed by atoms with van der Waals surface area (Å²) >= 11 is 0.850. The van der Waals surface area contributed by atoms with Gasteiger partial charge in [0.1, 0.15) is 9.09 Å². The lowest BCUT2D eigenvalue weighted by molar-refractivity contribution is 0.0702. The molecule has 0 aromatic carbocycles. The van der Waals surface area contributed by atoms with E-state index in [1.807, 2.05) is 0 Å². The van der Waals surface area contributed by atoms with Gasteiger partial charge in [0.25, 0.3) is 10.0 Å². The van der Waals surface area contributed by atoms with Crippen molar-refractivity contribution < 1.29 is 18.3 Å². The Balaban J connectivity index is 1.87. The van der Waals surface area contributed by atoms with Crippen LogP contribution in [0.3, 0.4) is 0 Å². The summed E-state index contributed by atoms with van der Waals surface area (Å²) < 4.78 is 27.3. The van der Waals surface area contributed by atoms with Gasteiger partial charge in [-0.2, -0.15) is 4.31 Å². The van der Waals surface area contributed by atoms with Crippen LogP contribution in [-0.4, -0.2) is 36.4 Å². The molecule has 116 valence electrons. The molecule has 5 nitrogen and oxygen atoms in total. The number of hydrogen-bond acceptors (Lipinski definition) is 4. The standard InChI is InChI=1S/C14H19NO4S2/c16-14(17)12-7-8-13(20-12)21(18,19)15-9-3-6-11(15)10-4-1-2-5-10/h7-8,10-11H,1-6,9H2,(H,16,17). The van der Waals surface area contributed by atoms with E-state index in [-0.39, 0.29) is 15.1 Å². The molecule has 1 saturated heterocycles. The summed E-state index contributed by atoms with van der Waals surface area (Å²) in [6.45, 7) is 0.559. The number of thiophene rings is 1. The van der Waals surface area contributed by atoms with Crippen LogP contribution in [0.2, 0.25) is 0 Å². The molecular formula is C14H19NO4S2. The van der Waals surface area contributed by atoms with Gasteiger partial charge in [-0.1, -0.05) is 12.8 Å². The first kappa shape index (κ1) is 15.0. The van der Waals surface area contributed by atoms with Crippen molar-refractivity contribution in [2.45, 2.75) is 48.8 Å². The SMILES string of the molecule is O=C(O)c1ccc(S(=O)(=O)N2CCCC2C2CCCC2)s1. The lowest BCUT2D eigenvalue weighted by atomic mass is 9.97. The van der Waals surface area contributed by atoms with Crippen LogP contribution < -0.4 is 0 Å². The van der Waals surface area contributed by atoms with Crippen LogP contribution in [0.4, 0.5) is 0 Å². The van der Waals surface area contributed by atoms with Gasteiger partial charge >= 0.3 is 5.97 Å². The van der Waals surface area contributed by atoms with Gasteiger partial charge in [-0.05, 0) is 43.7 Å². The largest absolute Gasteiger partial charge is 0.477 e. The van der Waals surface area contributed by atoms with Crippen molar-refractivity contribution in [2.24, 2.45) is 5.92 Å². The number of carbonyl (C=O) groups is 1. The summed E-state index contributed by atoms with van der Waals surface area (Å²) in [6.07, 6.45) is 6.44. The van der Waals surface area contributed by atoms with E-state index in [0.717, 1.165) is 37.0 Å². The fraction of sp³-hybridized carbons (Fsp3) is 0.643. The van der Waals surface area contributed by atoms with Gasteiger partial charge in [0, 0.05) is 12.6 Å². The summed E-state index contributed by atoms with van der Waals surface area (Å²) in [5.74, 6) is -0.601. The minimum atomic E-state index is -3.55. The third-order valence-corrected chi connectivity index (χ3v) is 8.01. The van der Waals surface area contributed by atoms with E-state index in [0.29, 0.717) is 12.5 Å². The molecule has 2 heterocycles. The number of rotatable bonds is 4. The number of aromatic carboxylic acids is 1. The molecule has 2 fully saturated rings. The molecule has 1 saturated carbocycles. The molecule has 2 aliphatic rings. The normalized spacial score (nSPS) is 24.7. The lowest BCUT2D eigenvalue weighted by Crippen LogP contribution is -2.39. The molecule has 1 atom stereocenters. The molecule has 1 N–H and O–H groups in total. The van der Waals surface area contributed by atoms with Gasteiger partial charge in [-0.25, -0.2) is 13.2 Å². The fourth-order valence-electron chi connectivity index (χ4n) is 3.57. The Kier molecular flexibility index (Phi) is 4.07. The van der Waals surface area contributed by atoms with Crippen molar-refractivity contribution in [3.8, 4) is 0 Å². The van der Waals surface area contributed by atoms with E-state index < -0.39 is 16.0 Å². The predicted molar refractivity (Wildman–Crippen MR) is 80.2 cm³/mol. The van der Waals surface area contributed by atoms with Gasteiger partial charge in [-0.3, -0.25) is 0 Å². The quantitative estimate of drug-likeness (QED) is 0.921. The van der Waals surface area contributed by atoms with E-state index in [9.17, 15) is 13.2 Å². The second kappa shape index (κ2) is 5.70. The molecule has 3 rings (SSSR count). The third-order valence-electron chi connectivity index (χ3n) is 4.55. The molecule has 0 radical (unpaired) electrons. The molecule has 1 aliphatic heterocycles. The summed E-state index contributed by atoms with van der Waals surface area (Å²) in [6, 6.07) is 2.90. The zero-order chi connectivity index (χ0) is 15.0. The fourth-order valence-corrected chi connectivity index (χ4v) is 6.60.